The topological polar surface area (TPSA) is 172 Å². The SMILES string of the molecule is CC(=O)OC[C@H]1O[C@@H](NC(=O)c2ccc3[nH]c4c(Cl)c5ccccc5nc4c3c2)[C@H](OC(C)=O)[C@@H](OC(C)=O)[C@@H]1OC(C)=O. The molecular weight excluding hydrogens is 598 g/mol. The fourth-order valence-electron chi connectivity index (χ4n) is 5.16. The number of pyridine rings is 1. The van der Waals surface area contributed by atoms with Crippen LogP contribution in [-0.2, 0) is 42.9 Å². The predicted molar refractivity (Wildman–Crippen MR) is 156 cm³/mol. The number of aromatic amines is 1. The van der Waals surface area contributed by atoms with Crippen LogP contribution in [0.3, 0.4) is 0 Å². The number of rotatable bonds is 7. The Morgan fingerprint density at radius 1 is 0.864 bits per heavy atom. The molecule has 5 atom stereocenters. The lowest BCUT2D eigenvalue weighted by molar-refractivity contribution is -0.255. The van der Waals surface area contributed by atoms with Gasteiger partial charge in [0.1, 0.15) is 12.7 Å². The molecule has 0 unspecified atom stereocenters. The maximum atomic E-state index is 13.6. The second-order valence-electron chi connectivity index (χ2n) is 10.1. The summed E-state index contributed by atoms with van der Waals surface area (Å²) in [5, 5.41) is 4.55. The van der Waals surface area contributed by atoms with Crippen molar-refractivity contribution in [1.82, 2.24) is 15.3 Å². The van der Waals surface area contributed by atoms with E-state index in [2.05, 4.69) is 10.3 Å². The van der Waals surface area contributed by atoms with Crippen LogP contribution in [-0.4, -0.2) is 77.0 Å². The van der Waals surface area contributed by atoms with Crippen LogP contribution in [0.2, 0.25) is 5.02 Å². The third-order valence-corrected chi connectivity index (χ3v) is 7.28. The van der Waals surface area contributed by atoms with Crippen LogP contribution < -0.4 is 5.32 Å². The van der Waals surface area contributed by atoms with Crippen molar-refractivity contribution in [3.63, 3.8) is 0 Å². The summed E-state index contributed by atoms with van der Waals surface area (Å²) in [6.07, 6.45) is -6.84. The van der Waals surface area contributed by atoms with Crippen LogP contribution >= 0.6 is 11.6 Å². The monoisotopic (exact) mass is 625 g/mol. The Kier molecular flexibility index (Phi) is 8.70. The van der Waals surface area contributed by atoms with Crippen molar-refractivity contribution in [2.24, 2.45) is 0 Å². The fourth-order valence-corrected chi connectivity index (χ4v) is 5.46. The minimum Gasteiger partial charge on any atom is -0.463 e. The van der Waals surface area contributed by atoms with Crippen LogP contribution in [0.4, 0.5) is 0 Å². The molecule has 0 radical (unpaired) electrons. The second kappa shape index (κ2) is 12.5. The van der Waals surface area contributed by atoms with Crippen LogP contribution in [0.5, 0.6) is 0 Å². The van der Waals surface area contributed by atoms with E-state index in [0.29, 0.717) is 32.5 Å². The smallest absolute Gasteiger partial charge is 0.303 e. The van der Waals surface area contributed by atoms with Crippen molar-refractivity contribution in [3.05, 3.63) is 53.1 Å². The number of halogens is 1. The molecule has 44 heavy (non-hydrogen) atoms. The summed E-state index contributed by atoms with van der Waals surface area (Å²) < 4.78 is 27.3. The van der Waals surface area contributed by atoms with Gasteiger partial charge in [-0.25, -0.2) is 4.98 Å². The number of fused-ring (bicyclic) bond motifs is 4. The summed E-state index contributed by atoms with van der Waals surface area (Å²) in [6, 6.07) is 12.3. The molecular formula is C30H28ClN3O10. The third-order valence-electron chi connectivity index (χ3n) is 6.89. The first kappa shape index (κ1) is 30.7. The third kappa shape index (κ3) is 6.29. The highest BCUT2D eigenvalue weighted by Gasteiger charge is 2.52. The zero-order chi connectivity index (χ0) is 31.7. The number of benzene rings is 2. The minimum absolute atomic E-state index is 0.192. The van der Waals surface area contributed by atoms with Crippen LogP contribution in [0.15, 0.2) is 42.5 Å². The van der Waals surface area contributed by atoms with E-state index in [1.165, 1.54) is 6.92 Å². The molecule has 0 saturated carbocycles. The largest absolute Gasteiger partial charge is 0.463 e. The van der Waals surface area contributed by atoms with Crippen LogP contribution in [0, 0.1) is 0 Å². The van der Waals surface area contributed by atoms with Gasteiger partial charge in [-0.05, 0) is 24.3 Å². The quantitative estimate of drug-likeness (QED) is 0.228. The number of H-pyrrole nitrogens is 1. The molecule has 2 N–H and O–H groups in total. The van der Waals surface area contributed by atoms with Gasteiger partial charge >= 0.3 is 23.9 Å². The number of hydrogen-bond donors (Lipinski definition) is 2. The predicted octanol–water partition coefficient (Wildman–Crippen LogP) is 3.34. The average molecular weight is 626 g/mol. The zero-order valence-corrected chi connectivity index (χ0v) is 24.8. The van der Waals surface area contributed by atoms with Crippen LogP contribution in [0.25, 0.3) is 32.8 Å². The van der Waals surface area contributed by atoms with E-state index in [0.717, 1.165) is 26.2 Å². The number of esters is 4. The Balaban J connectivity index is 1.51. The lowest BCUT2D eigenvalue weighted by Gasteiger charge is -2.44. The molecule has 1 aliphatic rings. The molecule has 0 bridgehead atoms. The molecule has 0 spiro atoms. The van der Waals surface area contributed by atoms with Gasteiger partial charge in [0.05, 0.1) is 21.6 Å². The summed E-state index contributed by atoms with van der Waals surface area (Å²) >= 11 is 6.68. The molecule has 14 heteroatoms. The van der Waals surface area contributed by atoms with Gasteiger partial charge in [-0.1, -0.05) is 29.8 Å². The van der Waals surface area contributed by atoms with E-state index >= 15 is 0 Å². The fraction of sp³-hybridized carbons (Fsp3) is 0.333. The van der Waals surface area contributed by atoms with E-state index < -0.39 is 67.0 Å². The highest BCUT2D eigenvalue weighted by atomic mass is 35.5. The normalized spacial score (nSPS) is 21.5. The van der Waals surface area contributed by atoms with Crippen LogP contribution in [0.1, 0.15) is 38.1 Å². The van der Waals surface area contributed by atoms with Crippen molar-refractivity contribution < 1.29 is 47.7 Å². The molecule has 2 aromatic heterocycles. The number of nitrogens with zero attached hydrogens (tertiary/aromatic N) is 1. The minimum atomic E-state index is -1.44. The summed E-state index contributed by atoms with van der Waals surface area (Å²) in [4.78, 5) is 69.3. The van der Waals surface area contributed by atoms with E-state index in [9.17, 15) is 24.0 Å². The van der Waals surface area contributed by atoms with Gasteiger partial charge in [0, 0.05) is 49.5 Å². The first-order chi connectivity index (χ1) is 20.9. The summed E-state index contributed by atoms with van der Waals surface area (Å²) in [5.41, 5.74) is 2.73. The standard InChI is InChI=1S/C30H28ClN3O10/c1-13(35)40-12-22-26(41-14(2)36)27(42-15(3)37)28(43-16(4)38)30(44-22)34-29(39)17-9-10-21-19(11-17)24-25(33-21)23(31)18-7-5-6-8-20(18)32-24/h5-11,22,26-28,30,33H,12H2,1-4H3,(H,34,39)/t22-,26-,27+,28-,30-/m1/s1. The van der Waals surface area contributed by atoms with Crippen molar-refractivity contribution in [3.8, 4) is 0 Å². The highest BCUT2D eigenvalue weighted by molar-refractivity contribution is 6.40. The Labute approximate surface area is 255 Å². The van der Waals surface area contributed by atoms with Gasteiger partial charge in [0.2, 0.25) is 0 Å². The molecule has 5 rings (SSSR count). The Bertz CT molecular complexity index is 1800. The Morgan fingerprint density at radius 3 is 2.20 bits per heavy atom. The Hall–Kier alpha value is -4.75. The van der Waals surface area contributed by atoms with E-state index in [4.69, 9.17) is 40.3 Å². The second-order valence-corrected chi connectivity index (χ2v) is 10.5. The van der Waals surface area contributed by atoms with Gasteiger partial charge in [-0.3, -0.25) is 24.0 Å². The van der Waals surface area contributed by atoms with Crippen molar-refractivity contribution >= 4 is 74.2 Å². The van der Waals surface area contributed by atoms with Gasteiger partial charge in [0.25, 0.3) is 5.91 Å². The maximum absolute atomic E-state index is 13.6. The van der Waals surface area contributed by atoms with Crippen molar-refractivity contribution in [1.29, 1.82) is 0 Å². The lowest BCUT2D eigenvalue weighted by atomic mass is 9.97. The van der Waals surface area contributed by atoms with Crippen molar-refractivity contribution in [2.75, 3.05) is 6.61 Å². The van der Waals surface area contributed by atoms with Crippen molar-refractivity contribution in [2.45, 2.75) is 58.3 Å². The molecule has 4 aromatic rings. The maximum Gasteiger partial charge on any atom is 0.303 e. The molecule has 2 aromatic carbocycles. The summed E-state index contributed by atoms with van der Waals surface area (Å²) in [7, 11) is 0. The van der Waals surface area contributed by atoms with E-state index in [1.54, 1.807) is 18.2 Å². The molecule has 230 valence electrons. The molecule has 13 nitrogen and oxygen atoms in total. The first-order valence-corrected chi connectivity index (χ1v) is 13.9. The highest BCUT2D eigenvalue weighted by Crippen LogP contribution is 2.35. The number of ether oxygens (including phenoxy) is 5. The van der Waals surface area contributed by atoms with Gasteiger partial charge in [0.15, 0.2) is 24.5 Å². The van der Waals surface area contributed by atoms with E-state index in [1.807, 2.05) is 24.3 Å². The molecule has 0 aliphatic carbocycles. The molecule has 1 aliphatic heterocycles. The number of para-hydroxylation sites is 1. The van der Waals surface area contributed by atoms with Gasteiger partial charge in [-0.15, -0.1) is 0 Å². The molecule has 1 fully saturated rings. The average Bonchev–Trinajstić information content (AvgIpc) is 3.32. The zero-order valence-electron chi connectivity index (χ0n) is 24.0. The summed E-state index contributed by atoms with van der Waals surface area (Å²) in [6.45, 7) is 4.09. The molecule has 1 amide bonds. The number of hydrogen-bond acceptors (Lipinski definition) is 11. The molecule has 1 saturated heterocycles. The number of carbonyl (C=O) groups excluding carboxylic acids is 5. The lowest BCUT2D eigenvalue weighted by Crippen LogP contribution is -2.66. The van der Waals surface area contributed by atoms with Gasteiger partial charge in [-0.2, -0.15) is 0 Å². The number of carbonyl (C=O) groups is 5. The number of nitrogens with one attached hydrogen (secondary N) is 2. The summed E-state index contributed by atoms with van der Waals surface area (Å²) in [5.74, 6) is -3.64. The van der Waals surface area contributed by atoms with Gasteiger partial charge < -0.3 is 34.0 Å². The molecule has 3 heterocycles. The van der Waals surface area contributed by atoms with E-state index in [-0.39, 0.29) is 5.56 Å². The number of aromatic nitrogens is 2. The number of amides is 1. The Morgan fingerprint density at radius 2 is 1.52 bits per heavy atom. The first-order valence-electron chi connectivity index (χ1n) is 13.5.